The summed E-state index contributed by atoms with van der Waals surface area (Å²) in [5.74, 6) is 4.45. The molecule has 31 aliphatic carbocycles. The van der Waals surface area contributed by atoms with Crippen LogP contribution in [0.25, 0.3) is 100 Å². The van der Waals surface area contributed by atoms with E-state index < -0.39 is 0 Å². The quantitative estimate of drug-likeness (QED) is 0.133. The van der Waals surface area contributed by atoms with Gasteiger partial charge in [-0.05, 0) is 172 Å². The number of allylic oxidation sites excluding steroid dienone is 8. The molecule has 9 aromatic rings. The predicted octanol–water partition coefficient (Wildman–Crippen LogP) is 34.1. The van der Waals surface area contributed by atoms with Crippen molar-refractivity contribution >= 4 is 11.1 Å². The lowest BCUT2D eigenvalue weighted by molar-refractivity contribution is 0.470. The van der Waals surface area contributed by atoms with Crippen molar-refractivity contribution in [3.8, 4) is 89.0 Å². The van der Waals surface area contributed by atoms with Gasteiger partial charge in [0.2, 0.25) is 0 Å². The largest absolute Gasteiger partial charge is 0.0851 e. The predicted molar refractivity (Wildman–Crippen MR) is 467 cm³/mol. The van der Waals surface area contributed by atoms with Crippen molar-refractivity contribution in [2.75, 3.05) is 0 Å². The first kappa shape index (κ1) is 96.1. The van der Waals surface area contributed by atoms with E-state index in [-0.39, 0.29) is 37.1 Å². The van der Waals surface area contributed by atoms with Gasteiger partial charge in [-0.15, -0.1) is 0 Å². The topological polar surface area (TPSA) is 0 Å². The van der Waals surface area contributed by atoms with Crippen LogP contribution in [0.15, 0.2) is 255 Å². The molecule has 0 nitrogen and oxygen atoms in total. The van der Waals surface area contributed by atoms with E-state index in [0.717, 1.165) is 11.8 Å². The Morgan fingerprint density at radius 3 is 0.440 bits per heavy atom. The summed E-state index contributed by atoms with van der Waals surface area (Å²) in [4.78, 5) is 0. The zero-order chi connectivity index (χ0) is 70.2. The molecule has 0 aromatic heterocycles. The van der Waals surface area contributed by atoms with Gasteiger partial charge in [0.25, 0.3) is 0 Å². The maximum Gasteiger partial charge on any atom is -0.00181 e. The van der Waals surface area contributed by atoms with E-state index in [1.165, 1.54) is 143 Å². The average molecular weight is 1350 g/mol. The van der Waals surface area contributed by atoms with E-state index in [9.17, 15) is 0 Å². The summed E-state index contributed by atoms with van der Waals surface area (Å²) in [7, 11) is 0. The fraction of sp³-hybridized carbons (Fsp3) is 0.380. The second-order valence-corrected chi connectivity index (χ2v) is 21.9. The van der Waals surface area contributed by atoms with Gasteiger partial charge in [0.05, 0.1) is 0 Å². The highest BCUT2D eigenvalue weighted by Gasteiger charge is 2.48. The Labute approximate surface area is 619 Å². The highest BCUT2D eigenvalue weighted by Crippen LogP contribution is 2.59. The smallest absolute Gasteiger partial charge is 0.00181 e. The average Bonchev–Trinajstić information content (AvgIpc) is 1.56. The molecule has 0 heteroatoms. The summed E-state index contributed by atoms with van der Waals surface area (Å²) < 4.78 is 0. The minimum absolute atomic E-state index is 0. The Morgan fingerprint density at radius 1 is 0.200 bits per heavy atom. The van der Waals surface area contributed by atoms with Crippen LogP contribution in [0.3, 0.4) is 0 Å². The fourth-order valence-electron chi connectivity index (χ4n) is 13.1. The monoisotopic (exact) mass is 1350 g/mol. The Balaban J connectivity index is -0.00000131. The molecule has 100 heavy (non-hydrogen) atoms. The summed E-state index contributed by atoms with van der Waals surface area (Å²) in [5, 5.41) is 0. The Kier molecular flexibility index (Phi) is 51.7. The molecule has 31 aliphatic rings. The molecule has 2 saturated carbocycles. The van der Waals surface area contributed by atoms with Crippen LogP contribution in [0.1, 0.15) is 233 Å². The first-order valence-electron chi connectivity index (χ1n) is 37.7. The minimum atomic E-state index is 0. The molecule has 9 aromatic carbocycles. The number of benzene rings is 9. The van der Waals surface area contributed by atoms with Gasteiger partial charge in [-0.2, -0.15) is 0 Å². The van der Waals surface area contributed by atoms with Crippen molar-refractivity contribution in [1.82, 2.24) is 0 Å². The van der Waals surface area contributed by atoms with Crippen molar-refractivity contribution < 1.29 is 0 Å². The highest BCUT2D eigenvalue weighted by atomic mass is 14.5. The van der Waals surface area contributed by atoms with Gasteiger partial charge in [0, 0.05) is 0 Å². The molecule has 6 unspecified atom stereocenters. The molecule has 6 atom stereocenters. The number of hydrogen-bond acceptors (Lipinski definition) is 0. The van der Waals surface area contributed by atoms with Gasteiger partial charge in [-0.1, -0.05) is 451 Å². The molecule has 0 N–H and O–H groups in total. The van der Waals surface area contributed by atoms with Crippen LogP contribution in [0.5, 0.6) is 0 Å². The van der Waals surface area contributed by atoms with E-state index in [1.807, 2.05) is 138 Å². The second-order valence-electron chi connectivity index (χ2n) is 21.9. The maximum atomic E-state index is 2.49. The normalized spacial score (nSPS) is 16.0. The summed E-state index contributed by atoms with van der Waals surface area (Å²) >= 11 is 0. The molecule has 0 saturated heterocycles. The van der Waals surface area contributed by atoms with Gasteiger partial charge in [0.15, 0.2) is 0 Å². The van der Waals surface area contributed by atoms with Gasteiger partial charge in [0.1, 0.15) is 0 Å². The third-order valence-electron chi connectivity index (χ3n) is 17.1. The maximum absolute atomic E-state index is 2.49. The first-order valence-corrected chi connectivity index (χ1v) is 37.7. The molecule has 0 heterocycles. The van der Waals surface area contributed by atoms with Gasteiger partial charge < -0.3 is 0 Å². The Morgan fingerprint density at radius 2 is 0.330 bits per heavy atom. The van der Waals surface area contributed by atoms with E-state index in [4.69, 9.17) is 0 Å². The molecular formula is C100H144. The van der Waals surface area contributed by atoms with Crippen LogP contribution in [0.4, 0.5) is 0 Å². The van der Waals surface area contributed by atoms with Gasteiger partial charge >= 0.3 is 0 Å². The third kappa shape index (κ3) is 24.6. The van der Waals surface area contributed by atoms with E-state index in [1.54, 1.807) is 0 Å². The van der Waals surface area contributed by atoms with Crippen LogP contribution < -0.4 is 0 Å². The number of fused-ring (bicyclic) bond motifs is 4. The van der Waals surface area contributed by atoms with Crippen LogP contribution >= 0.6 is 0 Å². The summed E-state index contributed by atoms with van der Waals surface area (Å²) in [6, 6.07) is 80.8. The molecular weight excluding hydrogens is 1200 g/mol. The van der Waals surface area contributed by atoms with Gasteiger partial charge in [-0.25, -0.2) is 0 Å². The Hall–Kier alpha value is -8.06. The standard InChI is InChI=1S/C35H26.C30H20.C7H10.C3H8.10C2H6.5CH4/c1-5-24-6-2-22(1)23-3-7-25(8-4-23)27-11-15-29(16-12-27)33-20-19-32(28-13-9-26(24)10-14-28)34-30-17-18-31(21-30)35(33)34;1-2-22-4-3-21(1)23-5-7-25(8-6-23)27-13-15-29(16-14-27)30-19-17-28(18-20-30)26-11-9-24(22)10-12-26;1-2-7-4-3-6(1)5-7;1-3-2;10*1-2;;;;;/h1-20,30-31,34-35H,21H2;1-20H;1-2,6-7H,3-5H2;3H2,1-2H3;10*1-2H3;5*1H4. The molecule has 2 fully saturated rings. The lowest BCUT2D eigenvalue weighted by atomic mass is 9.68. The third-order valence-corrected chi connectivity index (χ3v) is 17.1. The zero-order valence-corrected chi connectivity index (χ0v) is 63.2. The summed E-state index contributed by atoms with van der Waals surface area (Å²) in [6.07, 6.45) is 21.5. The van der Waals surface area contributed by atoms with E-state index >= 15 is 0 Å². The fourth-order valence-corrected chi connectivity index (χ4v) is 13.1. The number of rotatable bonds is 0. The highest BCUT2D eigenvalue weighted by molar-refractivity contribution is 5.85. The minimum Gasteiger partial charge on any atom is -0.0851 e. The molecule has 40 rings (SSSR count). The van der Waals surface area contributed by atoms with Crippen LogP contribution in [0, 0.1) is 35.5 Å². The van der Waals surface area contributed by atoms with Gasteiger partial charge in [-0.3, -0.25) is 0 Å². The molecule has 0 spiro atoms. The second kappa shape index (κ2) is 53.8. The van der Waals surface area contributed by atoms with Crippen molar-refractivity contribution in [2.45, 2.75) is 222 Å². The van der Waals surface area contributed by atoms with Crippen molar-refractivity contribution in [2.24, 2.45) is 35.5 Å². The Bertz CT molecular complexity index is 3080. The molecule has 0 radical (unpaired) electrons. The van der Waals surface area contributed by atoms with Crippen LogP contribution in [0.2, 0.25) is 0 Å². The van der Waals surface area contributed by atoms with Crippen molar-refractivity contribution in [3.05, 3.63) is 266 Å². The SMILES string of the molecule is C.C.C.C.C.C1=CC2CC1C1C3=CC=C(c4ccc(cc4)-c4ccc(cc4)-c4ccc(cc4)-c4ccc3cc4)C21.C1=CC2CCC1C2.CC.CC.CC.CC.CC.CC.CC.CC.CC.CC.CCC.c1cc2ccc1-c1ccc(cc1)-c1ccc(cc1)-c1ccc(cc1)-c1ccc-2cc1. The molecule has 544 valence electrons. The van der Waals surface area contributed by atoms with E-state index in [2.05, 4.69) is 269 Å². The lowest BCUT2D eigenvalue weighted by Gasteiger charge is -2.35. The summed E-state index contributed by atoms with van der Waals surface area (Å²) in [5.41, 5.74) is 25.8. The molecule has 24 bridgehead atoms. The number of hydrogen-bond donors (Lipinski definition) is 0. The lowest BCUT2D eigenvalue weighted by Crippen LogP contribution is -2.24. The van der Waals surface area contributed by atoms with Crippen LogP contribution in [-0.2, 0) is 0 Å². The van der Waals surface area contributed by atoms with Crippen molar-refractivity contribution in [3.63, 3.8) is 0 Å². The van der Waals surface area contributed by atoms with Crippen molar-refractivity contribution in [1.29, 1.82) is 0 Å². The molecule has 0 amide bonds. The van der Waals surface area contributed by atoms with E-state index in [0.29, 0.717) is 23.7 Å². The molecule has 0 aliphatic heterocycles. The first-order chi connectivity index (χ1) is 47.0. The van der Waals surface area contributed by atoms with Crippen LogP contribution in [-0.4, -0.2) is 0 Å². The summed E-state index contributed by atoms with van der Waals surface area (Å²) in [6.45, 7) is 44.2. The zero-order valence-electron chi connectivity index (χ0n) is 63.2.